The maximum Gasteiger partial charge on any atom is 0.194 e. The molecule has 0 saturated carbocycles. The highest BCUT2D eigenvalue weighted by Crippen LogP contribution is 2.19. The number of nitrogens with one attached hydrogen (secondary N) is 1. The number of hydrogen-bond acceptors (Lipinski definition) is 2. The van der Waals surface area contributed by atoms with E-state index in [4.69, 9.17) is 0 Å². The molecule has 2 nitrogen and oxygen atoms in total. The van der Waals surface area contributed by atoms with Gasteiger partial charge in [0.15, 0.2) is 17.5 Å². The van der Waals surface area contributed by atoms with Crippen LogP contribution in [0.5, 0.6) is 0 Å². The maximum atomic E-state index is 13.2. The zero-order chi connectivity index (χ0) is 15.4. The monoisotopic (exact) mass is 295 g/mol. The third kappa shape index (κ3) is 3.83. The zero-order valence-electron chi connectivity index (χ0n) is 11.5. The lowest BCUT2D eigenvalue weighted by Crippen LogP contribution is -2.24. The SMILES string of the molecule is Cc1ccc(CNC(CO)c2cc(F)c(F)c(F)c2)cc1. The van der Waals surface area contributed by atoms with Gasteiger partial charge in [-0.15, -0.1) is 0 Å². The summed E-state index contributed by atoms with van der Waals surface area (Å²) in [5, 5.41) is 12.3. The second-order valence-electron chi connectivity index (χ2n) is 4.90. The van der Waals surface area contributed by atoms with Crippen molar-refractivity contribution >= 4 is 0 Å². The van der Waals surface area contributed by atoms with Crippen LogP contribution < -0.4 is 5.32 Å². The van der Waals surface area contributed by atoms with E-state index in [9.17, 15) is 18.3 Å². The number of aliphatic hydroxyl groups excluding tert-OH is 1. The Morgan fingerprint density at radius 1 is 1.05 bits per heavy atom. The van der Waals surface area contributed by atoms with Gasteiger partial charge in [0.2, 0.25) is 0 Å². The summed E-state index contributed by atoms with van der Waals surface area (Å²) < 4.78 is 39.4. The van der Waals surface area contributed by atoms with Crippen molar-refractivity contribution in [3.8, 4) is 0 Å². The molecule has 0 heterocycles. The first-order valence-electron chi connectivity index (χ1n) is 6.55. The van der Waals surface area contributed by atoms with Gasteiger partial charge >= 0.3 is 0 Å². The Morgan fingerprint density at radius 3 is 2.14 bits per heavy atom. The van der Waals surface area contributed by atoms with Gasteiger partial charge in [0, 0.05) is 6.54 Å². The Balaban J connectivity index is 2.11. The zero-order valence-corrected chi connectivity index (χ0v) is 11.5. The Hall–Kier alpha value is -1.85. The van der Waals surface area contributed by atoms with Crippen LogP contribution in [0.4, 0.5) is 13.2 Å². The predicted molar refractivity (Wildman–Crippen MR) is 74.2 cm³/mol. The molecule has 5 heteroatoms. The average Bonchev–Trinajstić information content (AvgIpc) is 2.47. The summed E-state index contributed by atoms with van der Waals surface area (Å²) in [6.45, 7) is 2.04. The summed E-state index contributed by atoms with van der Waals surface area (Å²) in [6, 6.07) is 8.84. The average molecular weight is 295 g/mol. The number of halogens is 3. The minimum Gasteiger partial charge on any atom is -0.394 e. The van der Waals surface area contributed by atoms with Crippen molar-refractivity contribution in [3.05, 3.63) is 70.5 Å². The van der Waals surface area contributed by atoms with Gasteiger partial charge in [-0.3, -0.25) is 0 Å². The standard InChI is InChI=1S/C16H16F3NO/c1-10-2-4-11(5-3-10)8-20-15(9-21)12-6-13(17)16(19)14(18)7-12/h2-7,15,20-21H,8-9H2,1H3. The molecule has 1 atom stereocenters. The minimum absolute atomic E-state index is 0.168. The number of aliphatic hydroxyl groups is 1. The van der Waals surface area contributed by atoms with Gasteiger partial charge in [-0.2, -0.15) is 0 Å². The fourth-order valence-electron chi connectivity index (χ4n) is 2.01. The van der Waals surface area contributed by atoms with Crippen molar-refractivity contribution in [1.82, 2.24) is 5.32 Å². The van der Waals surface area contributed by atoms with Crippen molar-refractivity contribution in [2.45, 2.75) is 19.5 Å². The second kappa shape index (κ2) is 6.74. The van der Waals surface area contributed by atoms with E-state index in [1.807, 2.05) is 31.2 Å². The number of aryl methyl sites for hydroxylation is 1. The molecule has 0 fully saturated rings. The van der Waals surface area contributed by atoms with Gasteiger partial charge in [0.25, 0.3) is 0 Å². The van der Waals surface area contributed by atoms with Crippen LogP contribution in [0, 0.1) is 24.4 Å². The van der Waals surface area contributed by atoms with E-state index < -0.39 is 23.5 Å². The van der Waals surface area contributed by atoms with Crippen LogP contribution >= 0.6 is 0 Å². The molecule has 0 aliphatic rings. The Kier molecular flexibility index (Phi) is 4.98. The summed E-state index contributed by atoms with van der Waals surface area (Å²) in [5.74, 6) is -4.03. The Bertz CT molecular complexity index is 590. The lowest BCUT2D eigenvalue weighted by Gasteiger charge is -2.17. The van der Waals surface area contributed by atoms with Crippen LogP contribution in [-0.4, -0.2) is 11.7 Å². The molecule has 2 aromatic carbocycles. The molecule has 0 aliphatic heterocycles. The van der Waals surface area contributed by atoms with E-state index in [1.54, 1.807) is 0 Å². The summed E-state index contributed by atoms with van der Waals surface area (Å²) >= 11 is 0. The van der Waals surface area contributed by atoms with Gasteiger partial charge in [-0.1, -0.05) is 29.8 Å². The van der Waals surface area contributed by atoms with E-state index in [0.717, 1.165) is 23.3 Å². The molecule has 21 heavy (non-hydrogen) atoms. The number of benzene rings is 2. The van der Waals surface area contributed by atoms with Crippen LogP contribution in [0.3, 0.4) is 0 Å². The van der Waals surface area contributed by atoms with Gasteiger partial charge < -0.3 is 10.4 Å². The van der Waals surface area contributed by atoms with Crippen molar-refractivity contribution in [2.75, 3.05) is 6.61 Å². The fourth-order valence-corrected chi connectivity index (χ4v) is 2.01. The van der Waals surface area contributed by atoms with Crippen molar-refractivity contribution in [3.63, 3.8) is 0 Å². The highest BCUT2D eigenvalue weighted by molar-refractivity contribution is 5.24. The molecule has 0 bridgehead atoms. The van der Waals surface area contributed by atoms with E-state index in [0.29, 0.717) is 6.54 Å². The van der Waals surface area contributed by atoms with E-state index in [-0.39, 0.29) is 12.2 Å². The van der Waals surface area contributed by atoms with Gasteiger partial charge in [-0.05, 0) is 30.2 Å². The van der Waals surface area contributed by atoms with E-state index in [2.05, 4.69) is 5.32 Å². The molecule has 2 N–H and O–H groups in total. The van der Waals surface area contributed by atoms with Crippen molar-refractivity contribution in [1.29, 1.82) is 0 Å². The first-order valence-corrected chi connectivity index (χ1v) is 6.55. The maximum absolute atomic E-state index is 13.2. The van der Waals surface area contributed by atoms with Crippen LogP contribution in [0.25, 0.3) is 0 Å². The quantitative estimate of drug-likeness (QED) is 0.830. The summed E-state index contributed by atoms with van der Waals surface area (Å²) in [5.41, 5.74) is 2.27. The van der Waals surface area contributed by atoms with E-state index in [1.165, 1.54) is 0 Å². The third-order valence-electron chi connectivity index (χ3n) is 3.26. The molecule has 112 valence electrons. The Labute approximate surface area is 121 Å². The van der Waals surface area contributed by atoms with Crippen LogP contribution in [0.1, 0.15) is 22.7 Å². The first kappa shape index (κ1) is 15.5. The molecule has 0 radical (unpaired) electrons. The fraction of sp³-hybridized carbons (Fsp3) is 0.250. The normalized spacial score (nSPS) is 12.4. The summed E-state index contributed by atoms with van der Waals surface area (Å²) in [4.78, 5) is 0. The largest absolute Gasteiger partial charge is 0.394 e. The van der Waals surface area contributed by atoms with Gasteiger partial charge in [-0.25, -0.2) is 13.2 Å². The molecule has 2 aromatic rings. The van der Waals surface area contributed by atoms with Crippen LogP contribution in [-0.2, 0) is 6.54 Å². The van der Waals surface area contributed by atoms with E-state index >= 15 is 0 Å². The van der Waals surface area contributed by atoms with Crippen LogP contribution in [0.15, 0.2) is 36.4 Å². The first-order chi connectivity index (χ1) is 10.0. The molecule has 0 saturated heterocycles. The molecule has 0 amide bonds. The number of hydrogen-bond donors (Lipinski definition) is 2. The van der Waals surface area contributed by atoms with Crippen LogP contribution in [0.2, 0.25) is 0 Å². The van der Waals surface area contributed by atoms with Crippen molar-refractivity contribution in [2.24, 2.45) is 0 Å². The smallest absolute Gasteiger partial charge is 0.194 e. The molecule has 0 spiro atoms. The summed E-state index contributed by atoms with van der Waals surface area (Å²) in [6.07, 6.45) is 0. The van der Waals surface area contributed by atoms with Crippen molar-refractivity contribution < 1.29 is 18.3 Å². The molecule has 2 rings (SSSR count). The second-order valence-corrected chi connectivity index (χ2v) is 4.90. The van der Waals surface area contributed by atoms with Gasteiger partial charge in [0.05, 0.1) is 12.6 Å². The minimum atomic E-state index is -1.51. The lowest BCUT2D eigenvalue weighted by atomic mass is 10.1. The lowest BCUT2D eigenvalue weighted by molar-refractivity contribution is 0.242. The summed E-state index contributed by atoms with van der Waals surface area (Å²) in [7, 11) is 0. The van der Waals surface area contributed by atoms with Gasteiger partial charge in [0.1, 0.15) is 0 Å². The topological polar surface area (TPSA) is 32.3 Å². The highest BCUT2D eigenvalue weighted by atomic mass is 19.2. The molecular weight excluding hydrogens is 279 g/mol. The highest BCUT2D eigenvalue weighted by Gasteiger charge is 2.16. The molecular formula is C16H16F3NO. The Morgan fingerprint density at radius 2 is 1.62 bits per heavy atom. The molecule has 1 unspecified atom stereocenters. The third-order valence-corrected chi connectivity index (χ3v) is 3.26. The number of rotatable bonds is 5. The predicted octanol–water partition coefficient (Wildman–Crippen LogP) is 3.24. The molecule has 0 aliphatic carbocycles. The molecule has 0 aromatic heterocycles.